The van der Waals surface area contributed by atoms with Crippen LogP contribution in [-0.2, 0) is 12.3 Å². The van der Waals surface area contributed by atoms with Crippen LogP contribution in [-0.4, -0.2) is 14.6 Å². The number of hydrogen-bond donors (Lipinski definition) is 0. The smallest absolute Gasteiger partial charge is 0.429 e. The van der Waals surface area contributed by atoms with Gasteiger partial charge in [0.1, 0.15) is 5.75 Å². The largest absolute Gasteiger partial charge is 0.452 e. The van der Waals surface area contributed by atoms with Crippen molar-refractivity contribution in [3.05, 3.63) is 84.3 Å². The van der Waals surface area contributed by atoms with Gasteiger partial charge in [0.05, 0.1) is 5.56 Å². The van der Waals surface area contributed by atoms with Crippen molar-refractivity contribution in [1.82, 2.24) is 14.6 Å². The first-order chi connectivity index (χ1) is 13.7. The minimum atomic E-state index is -4.65. The van der Waals surface area contributed by atoms with E-state index in [9.17, 15) is 22.0 Å². The lowest BCUT2D eigenvalue weighted by molar-refractivity contribution is -0.185. The Bertz CT molecular complexity index is 1140. The molecule has 4 aromatic rings. The summed E-state index contributed by atoms with van der Waals surface area (Å²) in [6.45, 7) is 0. The molecule has 0 saturated carbocycles. The van der Waals surface area contributed by atoms with E-state index in [1.807, 2.05) is 0 Å². The molecule has 0 N–H and O–H groups in total. The first kappa shape index (κ1) is 18.9. The Hall–Kier alpha value is -3.49. The number of benzene rings is 2. The second-order valence-electron chi connectivity index (χ2n) is 6.18. The summed E-state index contributed by atoms with van der Waals surface area (Å²) >= 11 is 0. The minimum absolute atomic E-state index is 0.0449. The zero-order valence-corrected chi connectivity index (χ0v) is 14.6. The van der Waals surface area contributed by atoms with E-state index < -0.39 is 18.1 Å². The molecule has 0 amide bonds. The number of pyridine rings is 1. The normalized spacial score (nSPS) is 12.3. The number of halogens is 5. The van der Waals surface area contributed by atoms with E-state index in [4.69, 9.17) is 4.74 Å². The Morgan fingerprint density at radius 2 is 1.38 bits per heavy atom. The minimum Gasteiger partial charge on any atom is -0.429 e. The predicted octanol–water partition coefficient (Wildman–Crippen LogP) is 5.54. The van der Waals surface area contributed by atoms with E-state index in [1.54, 1.807) is 12.1 Å². The summed E-state index contributed by atoms with van der Waals surface area (Å²) in [6, 6.07) is 15.7. The van der Waals surface area contributed by atoms with Crippen LogP contribution in [0, 0.1) is 0 Å². The van der Waals surface area contributed by atoms with Crippen molar-refractivity contribution in [2.45, 2.75) is 12.3 Å². The van der Waals surface area contributed by atoms with E-state index in [-0.39, 0.29) is 17.0 Å². The van der Waals surface area contributed by atoms with E-state index >= 15 is 0 Å². The van der Waals surface area contributed by atoms with E-state index in [1.165, 1.54) is 60.8 Å². The van der Waals surface area contributed by atoms with Crippen molar-refractivity contribution in [2.75, 3.05) is 0 Å². The standard InChI is InChI=1S/C20H12F5N3O/c21-19(22,23)18-27-26-17-11-8-14(12-28(17)18)13-6-9-16(10-7-13)29-20(24,25)15-4-2-1-3-5-15/h1-12H. The van der Waals surface area contributed by atoms with Gasteiger partial charge in [-0.3, -0.25) is 4.40 Å². The van der Waals surface area contributed by atoms with Gasteiger partial charge in [0, 0.05) is 6.20 Å². The van der Waals surface area contributed by atoms with E-state index in [2.05, 4.69) is 10.2 Å². The Balaban J connectivity index is 1.61. The molecular formula is C20H12F5N3O. The van der Waals surface area contributed by atoms with Crippen molar-refractivity contribution in [3.63, 3.8) is 0 Å². The van der Waals surface area contributed by atoms with Gasteiger partial charge in [0.25, 0.3) is 0 Å². The average Bonchev–Trinajstić information content (AvgIpc) is 3.13. The van der Waals surface area contributed by atoms with Gasteiger partial charge in [-0.2, -0.15) is 22.0 Å². The monoisotopic (exact) mass is 405 g/mol. The van der Waals surface area contributed by atoms with Gasteiger partial charge in [-0.05, 0) is 47.5 Å². The molecule has 0 bridgehead atoms. The van der Waals surface area contributed by atoms with Gasteiger partial charge in [-0.25, -0.2) is 0 Å². The molecule has 4 rings (SSSR count). The fraction of sp³-hybridized carbons (Fsp3) is 0.100. The molecule has 29 heavy (non-hydrogen) atoms. The number of rotatable bonds is 4. The maximum atomic E-state index is 14.2. The number of hydrogen-bond acceptors (Lipinski definition) is 3. The van der Waals surface area contributed by atoms with E-state index in [0.29, 0.717) is 11.1 Å². The SMILES string of the molecule is FC(F)(F)c1nnc2ccc(-c3ccc(OC(F)(F)c4ccccc4)cc3)cn12. The lowest BCUT2D eigenvalue weighted by Gasteiger charge is -2.18. The van der Waals surface area contributed by atoms with Crippen LogP contribution in [0.4, 0.5) is 22.0 Å². The summed E-state index contributed by atoms with van der Waals surface area (Å²) in [5.41, 5.74) is 0.707. The third-order valence-electron chi connectivity index (χ3n) is 4.20. The van der Waals surface area contributed by atoms with Crippen molar-refractivity contribution in [2.24, 2.45) is 0 Å². The zero-order chi connectivity index (χ0) is 20.6. The first-order valence-corrected chi connectivity index (χ1v) is 8.39. The fourth-order valence-corrected chi connectivity index (χ4v) is 2.81. The molecule has 2 aromatic heterocycles. The van der Waals surface area contributed by atoms with Crippen molar-refractivity contribution in [3.8, 4) is 16.9 Å². The molecule has 0 aliphatic rings. The van der Waals surface area contributed by atoms with Crippen molar-refractivity contribution < 1.29 is 26.7 Å². The second-order valence-corrected chi connectivity index (χ2v) is 6.18. The molecule has 0 atom stereocenters. The van der Waals surface area contributed by atoms with Crippen LogP contribution in [0.3, 0.4) is 0 Å². The molecule has 0 aliphatic carbocycles. The quantitative estimate of drug-likeness (QED) is 0.419. The highest BCUT2D eigenvalue weighted by atomic mass is 19.4. The van der Waals surface area contributed by atoms with Gasteiger partial charge in [-0.15, -0.1) is 10.2 Å². The summed E-state index contributed by atoms with van der Waals surface area (Å²) in [7, 11) is 0. The Morgan fingerprint density at radius 3 is 2.03 bits per heavy atom. The van der Waals surface area contributed by atoms with Gasteiger partial charge < -0.3 is 4.74 Å². The summed E-state index contributed by atoms with van der Waals surface area (Å²) in [5.74, 6) is -1.22. The zero-order valence-electron chi connectivity index (χ0n) is 14.6. The number of aromatic nitrogens is 3. The topological polar surface area (TPSA) is 39.4 Å². The summed E-state index contributed by atoms with van der Waals surface area (Å²) < 4.78 is 73.1. The second kappa shape index (κ2) is 6.84. The first-order valence-electron chi connectivity index (χ1n) is 8.39. The van der Waals surface area contributed by atoms with Gasteiger partial charge in [-0.1, -0.05) is 30.3 Å². The highest BCUT2D eigenvalue weighted by molar-refractivity contribution is 5.65. The Kier molecular flexibility index (Phi) is 4.45. The van der Waals surface area contributed by atoms with Crippen LogP contribution >= 0.6 is 0 Å². The molecule has 0 saturated heterocycles. The van der Waals surface area contributed by atoms with Crippen molar-refractivity contribution >= 4 is 5.65 Å². The number of ether oxygens (including phenoxy) is 1. The predicted molar refractivity (Wildman–Crippen MR) is 94.4 cm³/mol. The van der Waals surface area contributed by atoms with Crippen LogP contribution in [0.25, 0.3) is 16.8 Å². The summed E-state index contributed by atoms with van der Waals surface area (Å²) in [5, 5.41) is 6.66. The van der Waals surface area contributed by atoms with Crippen molar-refractivity contribution in [1.29, 1.82) is 0 Å². The average molecular weight is 405 g/mol. The van der Waals surface area contributed by atoms with Crippen LogP contribution in [0.2, 0.25) is 0 Å². The van der Waals surface area contributed by atoms with Crippen LogP contribution in [0.1, 0.15) is 11.4 Å². The highest BCUT2D eigenvalue weighted by Crippen LogP contribution is 2.33. The Morgan fingerprint density at radius 1 is 0.724 bits per heavy atom. The van der Waals surface area contributed by atoms with Crippen LogP contribution in [0.15, 0.2) is 72.9 Å². The van der Waals surface area contributed by atoms with Crippen LogP contribution < -0.4 is 4.74 Å². The molecule has 0 spiro atoms. The number of alkyl halides is 5. The molecule has 4 nitrogen and oxygen atoms in total. The maximum absolute atomic E-state index is 14.2. The summed E-state index contributed by atoms with van der Waals surface area (Å²) in [6.07, 6.45) is -6.93. The molecule has 9 heteroatoms. The molecule has 0 fully saturated rings. The lowest BCUT2D eigenvalue weighted by Crippen LogP contribution is -2.21. The van der Waals surface area contributed by atoms with Gasteiger partial charge >= 0.3 is 12.3 Å². The molecule has 0 aliphatic heterocycles. The summed E-state index contributed by atoms with van der Waals surface area (Å²) in [4.78, 5) is 0. The molecule has 148 valence electrons. The molecule has 2 heterocycles. The molecular weight excluding hydrogens is 393 g/mol. The van der Waals surface area contributed by atoms with E-state index in [0.717, 1.165) is 4.40 Å². The number of fused-ring (bicyclic) bond motifs is 1. The number of nitrogens with zero attached hydrogens (tertiary/aromatic N) is 3. The third kappa shape index (κ3) is 3.75. The molecule has 0 radical (unpaired) electrons. The van der Waals surface area contributed by atoms with Gasteiger partial charge in [0.2, 0.25) is 5.82 Å². The Labute approximate surface area is 161 Å². The van der Waals surface area contributed by atoms with Gasteiger partial charge in [0.15, 0.2) is 5.65 Å². The molecule has 2 aromatic carbocycles. The fourth-order valence-electron chi connectivity index (χ4n) is 2.81. The van der Waals surface area contributed by atoms with Crippen LogP contribution in [0.5, 0.6) is 5.75 Å². The highest BCUT2D eigenvalue weighted by Gasteiger charge is 2.37. The third-order valence-corrected chi connectivity index (χ3v) is 4.20. The molecule has 0 unspecified atom stereocenters. The maximum Gasteiger partial charge on any atom is 0.452 e. The lowest BCUT2D eigenvalue weighted by atomic mass is 10.1.